The fraction of sp³-hybridized carbons (Fsp3) is 0.0698. The molecular weight excluding hydrogens is 563 g/mol. The van der Waals surface area contributed by atoms with Gasteiger partial charge >= 0.3 is 0 Å². The van der Waals surface area contributed by atoms with E-state index in [-0.39, 0.29) is 5.41 Å². The lowest BCUT2D eigenvalue weighted by atomic mass is 9.82. The average Bonchev–Trinajstić information content (AvgIpc) is 3.56. The zero-order valence-corrected chi connectivity index (χ0v) is 26.1. The summed E-state index contributed by atoms with van der Waals surface area (Å²) in [4.78, 5) is 2.48. The molecule has 0 radical (unpaired) electrons. The van der Waals surface area contributed by atoms with Gasteiger partial charge in [-0.2, -0.15) is 0 Å². The Kier molecular flexibility index (Phi) is 5.78. The van der Waals surface area contributed by atoms with Gasteiger partial charge in [-0.25, -0.2) is 0 Å². The maximum atomic E-state index is 2.48. The first-order valence-corrected chi connectivity index (χ1v) is 16.4. The van der Waals surface area contributed by atoms with Crippen molar-refractivity contribution in [1.82, 2.24) is 0 Å². The molecule has 0 fully saturated rings. The van der Waals surface area contributed by atoms with Crippen LogP contribution in [0.25, 0.3) is 53.2 Å². The van der Waals surface area contributed by atoms with Crippen LogP contribution in [-0.2, 0) is 5.41 Å². The predicted octanol–water partition coefficient (Wildman–Crippen LogP) is 12.7. The zero-order chi connectivity index (χ0) is 30.1. The summed E-state index contributed by atoms with van der Waals surface area (Å²) in [5.41, 5.74) is 11.3. The molecule has 1 aliphatic rings. The first-order valence-electron chi connectivity index (χ1n) is 15.6. The molecule has 0 bridgehead atoms. The van der Waals surface area contributed by atoms with Crippen molar-refractivity contribution in [2.75, 3.05) is 4.90 Å². The summed E-state index contributed by atoms with van der Waals surface area (Å²) < 4.78 is 2.62. The quantitative estimate of drug-likeness (QED) is 0.196. The fourth-order valence-electron chi connectivity index (χ4n) is 7.39. The van der Waals surface area contributed by atoms with Gasteiger partial charge in [0.15, 0.2) is 0 Å². The van der Waals surface area contributed by atoms with E-state index >= 15 is 0 Å². The van der Waals surface area contributed by atoms with E-state index in [2.05, 4.69) is 170 Å². The molecule has 0 saturated heterocycles. The molecule has 214 valence electrons. The van der Waals surface area contributed by atoms with E-state index in [1.54, 1.807) is 0 Å². The number of fused-ring (bicyclic) bond motifs is 7. The van der Waals surface area contributed by atoms with Gasteiger partial charge in [-0.3, -0.25) is 0 Å². The Balaban J connectivity index is 1.32. The Morgan fingerprint density at radius 2 is 1.18 bits per heavy atom. The molecule has 45 heavy (non-hydrogen) atoms. The lowest BCUT2D eigenvalue weighted by Gasteiger charge is -2.29. The van der Waals surface area contributed by atoms with Crippen LogP contribution in [0.15, 0.2) is 152 Å². The fourth-order valence-corrected chi connectivity index (χ4v) is 8.55. The molecule has 8 aromatic rings. The smallest absolute Gasteiger partial charge is 0.0554 e. The Morgan fingerprint density at radius 1 is 0.489 bits per heavy atom. The molecule has 1 aromatic heterocycles. The molecular formula is C43H31NS. The molecule has 9 rings (SSSR count). The molecule has 2 heteroatoms. The van der Waals surface area contributed by atoms with Crippen molar-refractivity contribution in [2.24, 2.45) is 0 Å². The highest BCUT2D eigenvalue weighted by Gasteiger charge is 2.35. The van der Waals surface area contributed by atoms with Crippen LogP contribution in [0.1, 0.15) is 25.0 Å². The van der Waals surface area contributed by atoms with Crippen molar-refractivity contribution >= 4 is 59.3 Å². The van der Waals surface area contributed by atoms with Crippen molar-refractivity contribution in [1.29, 1.82) is 0 Å². The van der Waals surface area contributed by atoms with Crippen LogP contribution in [0.2, 0.25) is 0 Å². The number of nitrogens with zero attached hydrogens (tertiary/aromatic N) is 1. The first kappa shape index (κ1) is 26.2. The second-order valence-electron chi connectivity index (χ2n) is 12.6. The summed E-state index contributed by atoms with van der Waals surface area (Å²) >= 11 is 1.88. The Labute approximate surface area is 267 Å². The van der Waals surface area contributed by atoms with Gasteiger partial charge in [0, 0.05) is 37.0 Å². The minimum absolute atomic E-state index is 0.0838. The molecule has 0 N–H and O–H groups in total. The van der Waals surface area contributed by atoms with Crippen LogP contribution in [0.5, 0.6) is 0 Å². The lowest BCUT2D eigenvalue weighted by molar-refractivity contribution is 0.660. The number of hydrogen-bond acceptors (Lipinski definition) is 2. The molecule has 0 aliphatic heterocycles. The van der Waals surface area contributed by atoms with Gasteiger partial charge in [-0.05, 0) is 92.7 Å². The first-order chi connectivity index (χ1) is 22.1. The summed E-state index contributed by atoms with van der Waals surface area (Å²) in [5.74, 6) is 0. The lowest BCUT2D eigenvalue weighted by Crippen LogP contribution is -2.16. The molecule has 0 saturated carbocycles. The standard InChI is InChI=1S/C43H31NS/c1-43(2)37-19-9-8-18-34(37)35-23-22-33(27-38(35)43)44(32-17-10-16-29(24-32)28-12-4-3-5-13-28)39-20-11-21-40-42(39)36-25-30-14-6-7-15-31(30)26-41(36)45-40/h3-27H,1-2H3. The molecule has 1 heterocycles. The van der Waals surface area contributed by atoms with Crippen LogP contribution in [0.3, 0.4) is 0 Å². The molecule has 7 aromatic carbocycles. The van der Waals surface area contributed by atoms with Crippen LogP contribution in [0.4, 0.5) is 17.1 Å². The SMILES string of the molecule is CC1(C)c2ccccc2-c2ccc(N(c3cccc(-c4ccccc4)c3)c3cccc4sc5cc6ccccc6cc5c34)cc21. The van der Waals surface area contributed by atoms with E-state index in [1.165, 1.54) is 75.7 Å². The molecule has 1 nitrogen and oxygen atoms in total. The third kappa shape index (κ3) is 4.06. The number of anilines is 3. The molecule has 0 unspecified atom stereocenters. The zero-order valence-electron chi connectivity index (χ0n) is 25.3. The maximum Gasteiger partial charge on any atom is 0.0554 e. The normalized spacial score (nSPS) is 13.3. The Hall–Kier alpha value is -5.18. The van der Waals surface area contributed by atoms with E-state index in [4.69, 9.17) is 0 Å². The van der Waals surface area contributed by atoms with Gasteiger partial charge in [-0.1, -0.05) is 117 Å². The maximum absolute atomic E-state index is 2.48. The van der Waals surface area contributed by atoms with Gasteiger partial charge < -0.3 is 4.90 Å². The van der Waals surface area contributed by atoms with Gasteiger partial charge in [0.2, 0.25) is 0 Å². The number of benzene rings is 7. The summed E-state index contributed by atoms with van der Waals surface area (Å²) in [7, 11) is 0. The van der Waals surface area contributed by atoms with Crippen LogP contribution in [0, 0.1) is 0 Å². The van der Waals surface area contributed by atoms with Gasteiger partial charge in [0.1, 0.15) is 0 Å². The second-order valence-corrected chi connectivity index (χ2v) is 13.7. The summed E-state index contributed by atoms with van der Waals surface area (Å²) in [6.07, 6.45) is 0. The minimum atomic E-state index is -0.0838. The summed E-state index contributed by atoms with van der Waals surface area (Å²) in [6, 6.07) is 55.9. The topological polar surface area (TPSA) is 3.24 Å². The van der Waals surface area contributed by atoms with Crippen molar-refractivity contribution in [2.45, 2.75) is 19.3 Å². The van der Waals surface area contributed by atoms with Gasteiger partial charge in [0.25, 0.3) is 0 Å². The molecule has 0 atom stereocenters. The van der Waals surface area contributed by atoms with Crippen molar-refractivity contribution in [3.8, 4) is 22.3 Å². The Morgan fingerprint density at radius 3 is 2.04 bits per heavy atom. The highest BCUT2D eigenvalue weighted by molar-refractivity contribution is 7.26. The van der Waals surface area contributed by atoms with Gasteiger partial charge in [0.05, 0.1) is 5.69 Å². The third-order valence-corrected chi connectivity index (χ3v) is 10.7. The highest BCUT2D eigenvalue weighted by atomic mass is 32.1. The van der Waals surface area contributed by atoms with Crippen LogP contribution < -0.4 is 4.90 Å². The molecule has 1 aliphatic carbocycles. The van der Waals surface area contributed by atoms with Gasteiger partial charge in [-0.15, -0.1) is 11.3 Å². The van der Waals surface area contributed by atoms with E-state index in [1.807, 2.05) is 11.3 Å². The van der Waals surface area contributed by atoms with E-state index in [0.29, 0.717) is 0 Å². The monoisotopic (exact) mass is 593 g/mol. The van der Waals surface area contributed by atoms with Crippen LogP contribution >= 0.6 is 11.3 Å². The second kappa shape index (κ2) is 9.92. The van der Waals surface area contributed by atoms with Crippen molar-refractivity contribution in [3.05, 3.63) is 163 Å². The van der Waals surface area contributed by atoms with E-state index < -0.39 is 0 Å². The predicted molar refractivity (Wildman–Crippen MR) is 195 cm³/mol. The summed E-state index contributed by atoms with van der Waals surface area (Å²) in [6.45, 7) is 4.72. The Bertz CT molecular complexity index is 2410. The highest BCUT2D eigenvalue weighted by Crippen LogP contribution is 2.52. The average molecular weight is 594 g/mol. The van der Waals surface area contributed by atoms with E-state index in [0.717, 1.165) is 5.69 Å². The third-order valence-electron chi connectivity index (χ3n) is 9.62. The number of thiophene rings is 1. The van der Waals surface area contributed by atoms with Crippen molar-refractivity contribution < 1.29 is 0 Å². The number of rotatable bonds is 4. The number of hydrogen-bond donors (Lipinski definition) is 0. The van der Waals surface area contributed by atoms with Crippen molar-refractivity contribution in [3.63, 3.8) is 0 Å². The van der Waals surface area contributed by atoms with Crippen LogP contribution in [-0.4, -0.2) is 0 Å². The summed E-state index contributed by atoms with van der Waals surface area (Å²) in [5, 5.41) is 5.17. The minimum Gasteiger partial charge on any atom is -0.310 e. The largest absolute Gasteiger partial charge is 0.310 e. The molecule has 0 spiro atoms. The van der Waals surface area contributed by atoms with E-state index in [9.17, 15) is 0 Å². The molecule has 0 amide bonds.